The third-order valence-electron chi connectivity index (χ3n) is 2.62. The third-order valence-corrected chi connectivity index (χ3v) is 3.61. The molecule has 0 aliphatic heterocycles. The molecule has 1 aliphatic carbocycles. The molecule has 1 fully saturated rings. The first-order valence-corrected chi connectivity index (χ1v) is 5.69. The van der Waals surface area contributed by atoms with E-state index in [-0.39, 0.29) is 5.91 Å². The summed E-state index contributed by atoms with van der Waals surface area (Å²) in [4.78, 5) is 26.7. The Morgan fingerprint density at radius 3 is 2.75 bits per heavy atom. The van der Waals surface area contributed by atoms with Crippen molar-refractivity contribution in [3.63, 3.8) is 0 Å². The molecular weight excluding hydrogens is 230 g/mol. The molecule has 0 unspecified atom stereocenters. The van der Waals surface area contributed by atoms with Gasteiger partial charge in [-0.3, -0.25) is 14.9 Å². The summed E-state index contributed by atoms with van der Waals surface area (Å²) in [5.74, 6) is -0.782. The molecule has 1 aliphatic rings. The Morgan fingerprint density at radius 1 is 1.62 bits per heavy atom. The van der Waals surface area contributed by atoms with Crippen molar-refractivity contribution in [2.24, 2.45) is 5.92 Å². The van der Waals surface area contributed by atoms with Crippen LogP contribution in [0.25, 0.3) is 0 Å². The van der Waals surface area contributed by atoms with E-state index in [0.717, 1.165) is 10.6 Å². The van der Waals surface area contributed by atoms with Crippen molar-refractivity contribution >= 4 is 22.4 Å². The van der Waals surface area contributed by atoms with Gasteiger partial charge in [-0.1, -0.05) is 0 Å². The van der Waals surface area contributed by atoms with Gasteiger partial charge < -0.3 is 5.32 Å². The number of thiazole rings is 1. The molecule has 2 rings (SSSR count). The van der Waals surface area contributed by atoms with Crippen molar-refractivity contribution in [3.8, 4) is 0 Å². The van der Waals surface area contributed by atoms with E-state index in [4.69, 9.17) is 0 Å². The van der Waals surface area contributed by atoms with Crippen LogP contribution in [-0.2, 0) is 4.79 Å². The predicted octanol–water partition coefficient (Wildman–Crippen LogP) is 1.36. The van der Waals surface area contributed by atoms with Crippen LogP contribution in [0.5, 0.6) is 0 Å². The highest BCUT2D eigenvalue weighted by Crippen LogP contribution is 2.34. The van der Waals surface area contributed by atoms with Crippen molar-refractivity contribution < 1.29 is 9.72 Å². The standard InChI is InChI=1S/C9H11N3O3S/c1-4-5(2)16-9(10-4)11-8(13)6-3-7(6)12(14)15/h6-7H,3H2,1-2H3,(H,10,11,13)/t6-,7-/m0/s1. The second-order valence-corrected chi connectivity index (χ2v) is 5.05. The molecular formula is C9H11N3O3S. The van der Waals surface area contributed by atoms with Crippen molar-refractivity contribution in [2.75, 3.05) is 5.32 Å². The van der Waals surface area contributed by atoms with Gasteiger partial charge in [0.1, 0.15) is 5.92 Å². The highest BCUT2D eigenvalue weighted by molar-refractivity contribution is 7.15. The van der Waals surface area contributed by atoms with E-state index in [2.05, 4.69) is 10.3 Å². The molecule has 6 nitrogen and oxygen atoms in total. The summed E-state index contributed by atoms with van der Waals surface area (Å²) in [6.45, 7) is 3.78. The van der Waals surface area contributed by atoms with Crippen molar-refractivity contribution in [3.05, 3.63) is 20.7 Å². The monoisotopic (exact) mass is 241 g/mol. The zero-order valence-electron chi connectivity index (χ0n) is 8.89. The van der Waals surface area contributed by atoms with Crippen LogP contribution in [0.15, 0.2) is 0 Å². The first kappa shape index (κ1) is 11.0. The lowest BCUT2D eigenvalue weighted by Gasteiger charge is -1.97. The SMILES string of the molecule is Cc1nc(NC(=O)[C@H]2C[C@@H]2[N+](=O)[O-])sc1C. The topological polar surface area (TPSA) is 85.1 Å². The van der Waals surface area contributed by atoms with Crippen LogP contribution in [0.3, 0.4) is 0 Å². The highest BCUT2D eigenvalue weighted by Gasteiger charge is 2.53. The fraction of sp³-hybridized carbons (Fsp3) is 0.556. The van der Waals surface area contributed by atoms with Gasteiger partial charge >= 0.3 is 0 Å². The number of rotatable bonds is 3. The molecule has 0 aromatic carbocycles. The molecule has 1 amide bonds. The van der Waals surface area contributed by atoms with Crippen LogP contribution >= 0.6 is 11.3 Å². The van der Waals surface area contributed by atoms with E-state index in [9.17, 15) is 14.9 Å². The van der Waals surface area contributed by atoms with Crippen LogP contribution in [0.2, 0.25) is 0 Å². The van der Waals surface area contributed by atoms with Gasteiger partial charge in [0.05, 0.1) is 5.69 Å². The van der Waals surface area contributed by atoms with Gasteiger partial charge in [0, 0.05) is 16.2 Å². The van der Waals surface area contributed by atoms with Gasteiger partial charge in [0.15, 0.2) is 5.13 Å². The molecule has 0 bridgehead atoms. The molecule has 0 saturated heterocycles. The van der Waals surface area contributed by atoms with E-state index < -0.39 is 16.9 Å². The maximum absolute atomic E-state index is 11.6. The lowest BCUT2D eigenvalue weighted by Crippen LogP contribution is -2.18. The van der Waals surface area contributed by atoms with Crippen LogP contribution in [0, 0.1) is 29.9 Å². The van der Waals surface area contributed by atoms with Crippen molar-refractivity contribution in [1.82, 2.24) is 4.98 Å². The largest absolute Gasteiger partial charge is 0.301 e. The number of hydrogen-bond donors (Lipinski definition) is 1. The average Bonchev–Trinajstić information content (AvgIpc) is 2.91. The van der Waals surface area contributed by atoms with Crippen LogP contribution in [0.4, 0.5) is 5.13 Å². The maximum Gasteiger partial charge on any atom is 0.236 e. The fourth-order valence-corrected chi connectivity index (χ4v) is 2.24. The van der Waals surface area contributed by atoms with Crippen molar-refractivity contribution in [2.45, 2.75) is 26.3 Å². The summed E-state index contributed by atoms with van der Waals surface area (Å²) in [5.41, 5.74) is 0.877. The summed E-state index contributed by atoms with van der Waals surface area (Å²) < 4.78 is 0. The van der Waals surface area contributed by atoms with Gasteiger partial charge in [0.25, 0.3) is 0 Å². The van der Waals surface area contributed by atoms with Gasteiger partial charge in [-0.2, -0.15) is 0 Å². The summed E-state index contributed by atoms with van der Waals surface area (Å²) >= 11 is 1.38. The molecule has 1 aromatic rings. The van der Waals surface area contributed by atoms with E-state index in [1.54, 1.807) is 0 Å². The Morgan fingerprint density at radius 2 is 2.31 bits per heavy atom. The zero-order chi connectivity index (χ0) is 11.9. The Bertz CT molecular complexity index is 437. The molecule has 16 heavy (non-hydrogen) atoms. The number of aromatic nitrogens is 1. The second-order valence-electron chi connectivity index (χ2n) is 3.84. The summed E-state index contributed by atoms with van der Waals surface area (Å²) in [7, 11) is 0. The quantitative estimate of drug-likeness (QED) is 0.639. The predicted molar refractivity (Wildman–Crippen MR) is 59.1 cm³/mol. The minimum absolute atomic E-state index is 0.296. The second kappa shape index (κ2) is 3.82. The minimum atomic E-state index is -0.706. The third kappa shape index (κ3) is 2.04. The van der Waals surface area contributed by atoms with E-state index in [0.29, 0.717) is 11.6 Å². The lowest BCUT2D eigenvalue weighted by atomic mass is 10.4. The molecule has 0 radical (unpaired) electrons. The number of amides is 1. The molecule has 2 atom stereocenters. The van der Waals surface area contributed by atoms with Gasteiger partial charge in [0.2, 0.25) is 11.9 Å². The normalized spacial score (nSPS) is 22.9. The first-order chi connectivity index (χ1) is 7.49. The van der Waals surface area contributed by atoms with Gasteiger partial charge in [-0.15, -0.1) is 11.3 Å². The number of hydrogen-bond acceptors (Lipinski definition) is 5. The van der Waals surface area contributed by atoms with Crippen LogP contribution in [0.1, 0.15) is 17.0 Å². The molecule has 7 heteroatoms. The molecule has 86 valence electrons. The number of aryl methyl sites for hydroxylation is 2. The zero-order valence-corrected chi connectivity index (χ0v) is 9.71. The number of anilines is 1. The number of nitrogens with one attached hydrogen (secondary N) is 1. The van der Waals surface area contributed by atoms with E-state index in [1.807, 2.05) is 13.8 Å². The molecule has 0 spiro atoms. The smallest absolute Gasteiger partial charge is 0.236 e. The first-order valence-electron chi connectivity index (χ1n) is 4.87. The summed E-state index contributed by atoms with van der Waals surface area (Å²) in [5, 5.41) is 13.5. The highest BCUT2D eigenvalue weighted by atomic mass is 32.1. The summed E-state index contributed by atoms with van der Waals surface area (Å²) in [6, 6.07) is -0.706. The number of carbonyl (C=O) groups is 1. The Labute approximate surface area is 95.8 Å². The van der Waals surface area contributed by atoms with Crippen LogP contribution in [-0.4, -0.2) is 21.9 Å². The number of nitro groups is 1. The Hall–Kier alpha value is -1.50. The molecule has 1 saturated carbocycles. The van der Waals surface area contributed by atoms with Crippen molar-refractivity contribution in [1.29, 1.82) is 0 Å². The number of carbonyl (C=O) groups excluding carboxylic acids is 1. The Kier molecular flexibility index (Phi) is 2.63. The van der Waals surface area contributed by atoms with Crippen LogP contribution < -0.4 is 5.32 Å². The lowest BCUT2D eigenvalue weighted by molar-refractivity contribution is -0.497. The van der Waals surface area contributed by atoms with Gasteiger partial charge in [-0.25, -0.2) is 4.98 Å². The number of nitrogens with zero attached hydrogens (tertiary/aromatic N) is 2. The Balaban J connectivity index is 1.96. The molecule has 1 aromatic heterocycles. The van der Waals surface area contributed by atoms with E-state index >= 15 is 0 Å². The minimum Gasteiger partial charge on any atom is -0.301 e. The molecule has 1 N–H and O–H groups in total. The van der Waals surface area contributed by atoms with E-state index in [1.165, 1.54) is 11.3 Å². The fourth-order valence-electron chi connectivity index (χ4n) is 1.42. The maximum atomic E-state index is 11.6. The van der Waals surface area contributed by atoms with Gasteiger partial charge in [-0.05, 0) is 13.8 Å². The average molecular weight is 241 g/mol. The molecule has 1 heterocycles. The summed E-state index contributed by atoms with van der Waals surface area (Å²) in [6.07, 6.45) is 0.335.